The molecular formula is C19H30ClN. The quantitative estimate of drug-likeness (QED) is 0.712. The minimum absolute atomic E-state index is 0.534. The average Bonchev–Trinajstić information content (AvgIpc) is 2.67. The van der Waals surface area contributed by atoms with Gasteiger partial charge in [-0.1, -0.05) is 50.4 Å². The predicted octanol–water partition coefficient (Wildman–Crippen LogP) is 5.47. The lowest BCUT2D eigenvalue weighted by molar-refractivity contribution is 0.334. The minimum Gasteiger partial charge on any atom is -0.311 e. The summed E-state index contributed by atoms with van der Waals surface area (Å²) in [6, 6.07) is 9.50. The van der Waals surface area contributed by atoms with Crippen LogP contribution in [0.1, 0.15) is 58.4 Å². The highest BCUT2D eigenvalue weighted by Gasteiger charge is 2.21. The molecule has 0 aromatic heterocycles. The molecule has 1 aromatic carbocycles. The molecule has 0 bridgehead atoms. The van der Waals surface area contributed by atoms with Crippen molar-refractivity contribution in [3.63, 3.8) is 0 Å². The van der Waals surface area contributed by atoms with E-state index in [0.717, 1.165) is 23.3 Å². The number of hydrogen-bond donors (Lipinski definition) is 1. The van der Waals surface area contributed by atoms with Crippen LogP contribution >= 0.6 is 11.6 Å². The van der Waals surface area contributed by atoms with Gasteiger partial charge >= 0.3 is 0 Å². The highest BCUT2D eigenvalue weighted by molar-refractivity contribution is 6.30. The van der Waals surface area contributed by atoms with E-state index in [0.29, 0.717) is 12.1 Å². The molecule has 1 aliphatic carbocycles. The second-order valence-electron chi connectivity index (χ2n) is 7.11. The molecule has 1 N–H and O–H groups in total. The smallest absolute Gasteiger partial charge is 0.0406 e. The molecule has 0 amide bonds. The van der Waals surface area contributed by atoms with Gasteiger partial charge in [-0.05, 0) is 62.1 Å². The van der Waals surface area contributed by atoms with E-state index in [4.69, 9.17) is 11.6 Å². The first-order chi connectivity index (χ1) is 10.0. The molecule has 1 nitrogen and oxygen atoms in total. The van der Waals surface area contributed by atoms with Crippen molar-refractivity contribution in [1.82, 2.24) is 5.32 Å². The Hall–Kier alpha value is -0.530. The van der Waals surface area contributed by atoms with Crippen LogP contribution in [0, 0.1) is 11.8 Å². The number of nitrogens with one attached hydrogen (secondary N) is 1. The van der Waals surface area contributed by atoms with Crippen LogP contribution in [0.2, 0.25) is 5.02 Å². The van der Waals surface area contributed by atoms with Crippen LogP contribution in [-0.2, 0) is 6.42 Å². The molecule has 3 unspecified atom stereocenters. The first-order valence-corrected chi connectivity index (χ1v) is 8.93. The van der Waals surface area contributed by atoms with Crippen LogP contribution < -0.4 is 5.32 Å². The molecule has 1 aliphatic rings. The second kappa shape index (κ2) is 8.19. The van der Waals surface area contributed by atoms with Crippen molar-refractivity contribution in [2.45, 2.75) is 71.4 Å². The van der Waals surface area contributed by atoms with Crippen LogP contribution in [0.25, 0.3) is 0 Å². The Morgan fingerprint density at radius 2 is 1.76 bits per heavy atom. The van der Waals surface area contributed by atoms with E-state index in [1.807, 2.05) is 12.1 Å². The standard InChI is InChI=1S/C19H30ClN/c1-14(2)17-5-4-6-19(12-9-17)21-15(3)13-16-7-10-18(20)11-8-16/h7-8,10-11,14-15,17,19,21H,4-6,9,12-13H2,1-3H3. The molecule has 1 fully saturated rings. The highest BCUT2D eigenvalue weighted by Crippen LogP contribution is 2.29. The molecule has 1 aromatic rings. The van der Waals surface area contributed by atoms with Crippen LogP contribution in [0.5, 0.6) is 0 Å². The van der Waals surface area contributed by atoms with Gasteiger partial charge in [0.05, 0.1) is 0 Å². The van der Waals surface area contributed by atoms with Gasteiger partial charge in [0, 0.05) is 17.1 Å². The van der Waals surface area contributed by atoms with Crippen LogP contribution in [0.15, 0.2) is 24.3 Å². The maximum Gasteiger partial charge on any atom is 0.0406 e. The Morgan fingerprint density at radius 3 is 2.43 bits per heavy atom. The van der Waals surface area contributed by atoms with Gasteiger partial charge in [-0.25, -0.2) is 0 Å². The SMILES string of the molecule is CC(Cc1ccc(Cl)cc1)NC1CCCC(C(C)C)CC1. The Labute approximate surface area is 135 Å². The maximum atomic E-state index is 5.95. The topological polar surface area (TPSA) is 12.0 Å². The molecule has 3 atom stereocenters. The zero-order chi connectivity index (χ0) is 15.2. The Balaban J connectivity index is 1.79. The Bertz CT molecular complexity index is 412. The molecule has 0 spiro atoms. The number of rotatable bonds is 5. The number of benzene rings is 1. The summed E-state index contributed by atoms with van der Waals surface area (Å²) >= 11 is 5.95. The molecular weight excluding hydrogens is 278 g/mol. The third-order valence-corrected chi connectivity index (χ3v) is 5.18. The summed E-state index contributed by atoms with van der Waals surface area (Å²) in [5, 5.41) is 4.67. The van der Waals surface area contributed by atoms with Crippen molar-refractivity contribution in [2.75, 3.05) is 0 Å². The van der Waals surface area contributed by atoms with Crippen molar-refractivity contribution in [2.24, 2.45) is 11.8 Å². The van der Waals surface area contributed by atoms with E-state index < -0.39 is 0 Å². The van der Waals surface area contributed by atoms with Gasteiger partial charge in [0.2, 0.25) is 0 Å². The van der Waals surface area contributed by atoms with Gasteiger partial charge in [-0.15, -0.1) is 0 Å². The van der Waals surface area contributed by atoms with Gasteiger partial charge in [0.25, 0.3) is 0 Å². The third-order valence-electron chi connectivity index (χ3n) is 4.93. The van der Waals surface area contributed by atoms with Gasteiger partial charge in [0.1, 0.15) is 0 Å². The first-order valence-electron chi connectivity index (χ1n) is 8.55. The number of hydrogen-bond acceptors (Lipinski definition) is 1. The fraction of sp³-hybridized carbons (Fsp3) is 0.684. The molecule has 2 rings (SSSR count). The van der Waals surface area contributed by atoms with E-state index in [2.05, 4.69) is 38.2 Å². The third kappa shape index (κ3) is 5.64. The predicted molar refractivity (Wildman–Crippen MR) is 93.0 cm³/mol. The molecule has 0 aliphatic heterocycles. The Kier molecular flexibility index (Phi) is 6.57. The summed E-state index contributed by atoms with van der Waals surface area (Å²) < 4.78 is 0. The molecule has 21 heavy (non-hydrogen) atoms. The first kappa shape index (κ1) is 16.8. The average molecular weight is 308 g/mol. The lowest BCUT2D eigenvalue weighted by atomic mass is 9.89. The Morgan fingerprint density at radius 1 is 1.05 bits per heavy atom. The molecule has 0 saturated heterocycles. The fourth-order valence-corrected chi connectivity index (χ4v) is 3.73. The molecule has 1 saturated carbocycles. The van der Waals surface area contributed by atoms with Crippen LogP contribution in [-0.4, -0.2) is 12.1 Å². The zero-order valence-electron chi connectivity index (χ0n) is 13.7. The summed E-state index contributed by atoms with van der Waals surface area (Å²) in [4.78, 5) is 0. The summed E-state index contributed by atoms with van der Waals surface area (Å²) in [6.07, 6.45) is 7.96. The normalized spacial score (nSPS) is 24.8. The van der Waals surface area contributed by atoms with Crippen molar-refractivity contribution >= 4 is 11.6 Å². The fourth-order valence-electron chi connectivity index (χ4n) is 3.60. The van der Waals surface area contributed by atoms with Gasteiger partial charge in [0.15, 0.2) is 0 Å². The molecule has 0 radical (unpaired) electrons. The van der Waals surface area contributed by atoms with E-state index in [-0.39, 0.29) is 0 Å². The summed E-state index contributed by atoms with van der Waals surface area (Å²) in [7, 11) is 0. The van der Waals surface area contributed by atoms with Crippen LogP contribution in [0.4, 0.5) is 0 Å². The van der Waals surface area contributed by atoms with E-state index in [1.54, 1.807) is 0 Å². The summed E-state index contributed by atoms with van der Waals surface area (Å²) in [6.45, 7) is 7.06. The van der Waals surface area contributed by atoms with Gasteiger partial charge < -0.3 is 5.32 Å². The number of halogens is 1. The van der Waals surface area contributed by atoms with Gasteiger partial charge in [-0.3, -0.25) is 0 Å². The lowest BCUT2D eigenvalue weighted by Gasteiger charge is -2.23. The zero-order valence-corrected chi connectivity index (χ0v) is 14.5. The van der Waals surface area contributed by atoms with E-state index in [1.165, 1.54) is 37.7 Å². The van der Waals surface area contributed by atoms with E-state index in [9.17, 15) is 0 Å². The molecule has 118 valence electrons. The molecule has 0 heterocycles. The summed E-state index contributed by atoms with van der Waals surface area (Å²) in [5.74, 6) is 1.78. The maximum absolute atomic E-state index is 5.95. The summed E-state index contributed by atoms with van der Waals surface area (Å²) in [5.41, 5.74) is 1.37. The minimum atomic E-state index is 0.534. The lowest BCUT2D eigenvalue weighted by Crippen LogP contribution is -2.37. The largest absolute Gasteiger partial charge is 0.311 e. The van der Waals surface area contributed by atoms with Crippen LogP contribution in [0.3, 0.4) is 0 Å². The second-order valence-corrected chi connectivity index (χ2v) is 7.54. The van der Waals surface area contributed by atoms with Crippen molar-refractivity contribution in [3.8, 4) is 0 Å². The van der Waals surface area contributed by atoms with Crippen molar-refractivity contribution < 1.29 is 0 Å². The molecule has 2 heteroatoms. The monoisotopic (exact) mass is 307 g/mol. The van der Waals surface area contributed by atoms with E-state index >= 15 is 0 Å². The van der Waals surface area contributed by atoms with Gasteiger partial charge in [-0.2, -0.15) is 0 Å². The highest BCUT2D eigenvalue weighted by atomic mass is 35.5. The van der Waals surface area contributed by atoms with Crippen molar-refractivity contribution in [3.05, 3.63) is 34.9 Å². The van der Waals surface area contributed by atoms with Crippen molar-refractivity contribution in [1.29, 1.82) is 0 Å².